The number of nitrogens with one attached hydrogen (secondary N) is 1. The van der Waals surface area contributed by atoms with Gasteiger partial charge in [0.2, 0.25) is 5.79 Å². The van der Waals surface area contributed by atoms with Crippen LogP contribution in [0, 0.1) is 0 Å². The maximum absolute atomic E-state index is 11.5. The van der Waals surface area contributed by atoms with Crippen molar-refractivity contribution in [3.05, 3.63) is 35.5 Å². The first-order valence-corrected chi connectivity index (χ1v) is 9.54. The summed E-state index contributed by atoms with van der Waals surface area (Å²) in [5.41, 5.74) is 3.20. The molecule has 1 aliphatic rings. The van der Waals surface area contributed by atoms with E-state index in [0.29, 0.717) is 12.8 Å². The average Bonchev–Trinajstić information content (AvgIpc) is 2.85. The zero-order valence-corrected chi connectivity index (χ0v) is 14.4. The Morgan fingerprint density at radius 1 is 1.32 bits per heavy atom. The Balaban J connectivity index is 2.24. The lowest BCUT2D eigenvalue weighted by Gasteiger charge is -2.46. The number of aliphatic hydroxyl groups is 1. The van der Waals surface area contributed by atoms with Crippen molar-refractivity contribution in [2.45, 2.75) is 29.6 Å². The molecule has 0 radical (unpaired) electrons. The number of fused-ring (bicyclic) bond motifs is 3. The number of aromatic amines is 1. The number of hydrogen-bond acceptors (Lipinski definition) is 5. The van der Waals surface area contributed by atoms with Gasteiger partial charge in [-0.2, -0.15) is 0 Å². The molecular formula is C16H19NO3S2. The molecule has 0 saturated carbocycles. The number of carbonyl (C=O) groups excluding carboxylic acids is 1. The highest BCUT2D eigenvalue weighted by Gasteiger charge is 2.58. The third kappa shape index (κ3) is 2.08. The molecule has 0 saturated heterocycles. The Labute approximate surface area is 138 Å². The number of thioether (sulfide) groups is 2. The van der Waals surface area contributed by atoms with E-state index in [4.69, 9.17) is 4.74 Å². The van der Waals surface area contributed by atoms with Crippen LogP contribution in [-0.4, -0.2) is 34.4 Å². The molecule has 6 heteroatoms. The topological polar surface area (TPSA) is 62.3 Å². The van der Waals surface area contributed by atoms with Crippen molar-refractivity contribution in [1.29, 1.82) is 0 Å². The number of aromatic nitrogens is 1. The third-order valence-corrected chi connectivity index (χ3v) is 7.45. The fraction of sp³-hybridized carbons (Fsp3) is 0.438. The third-order valence-electron chi connectivity index (χ3n) is 4.26. The standard InChI is InChI=1S/C16H19NO3S2/c1-10(18)20-15(19)9-8-12-11-6-4-5-7-13(11)17-14(12)16(15,21-2)22-3/h4-7,17,19H,8-9H2,1-3H3. The first-order valence-electron chi connectivity index (χ1n) is 7.10. The van der Waals surface area contributed by atoms with Crippen LogP contribution >= 0.6 is 23.5 Å². The summed E-state index contributed by atoms with van der Waals surface area (Å²) in [6.45, 7) is 1.34. The molecule has 2 aromatic rings. The van der Waals surface area contributed by atoms with Gasteiger partial charge < -0.3 is 14.8 Å². The molecule has 0 amide bonds. The van der Waals surface area contributed by atoms with Gasteiger partial charge in [-0.05, 0) is 30.6 Å². The molecule has 3 rings (SSSR count). The smallest absolute Gasteiger partial charge is 0.305 e. The van der Waals surface area contributed by atoms with Crippen molar-refractivity contribution in [2.24, 2.45) is 0 Å². The zero-order chi connectivity index (χ0) is 16.0. The molecule has 4 nitrogen and oxygen atoms in total. The van der Waals surface area contributed by atoms with Crippen LogP contribution in [0.5, 0.6) is 0 Å². The van der Waals surface area contributed by atoms with Crippen molar-refractivity contribution in [2.75, 3.05) is 12.5 Å². The van der Waals surface area contributed by atoms with Crippen LogP contribution in [0.25, 0.3) is 10.9 Å². The highest BCUT2D eigenvalue weighted by Crippen LogP contribution is 2.58. The Morgan fingerprint density at radius 2 is 2.00 bits per heavy atom. The van der Waals surface area contributed by atoms with E-state index in [1.807, 2.05) is 30.7 Å². The molecule has 22 heavy (non-hydrogen) atoms. The lowest BCUT2D eigenvalue weighted by Crippen LogP contribution is -2.53. The fourth-order valence-corrected chi connectivity index (χ4v) is 5.71. The number of ether oxygens (including phenoxy) is 1. The van der Waals surface area contributed by atoms with E-state index in [9.17, 15) is 9.90 Å². The molecule has 0 aliphatic heterocycles. The molecule has 1 aromatic heterocycles. The predicted octanol–water partition coefficient (Wildman–Crippen LogP) is 3.24. The largest absolute Gasteiger partial charge is 0.430 e. The minimum Gasteiger partial charge on any atom is -0.430 e. The molecule has 0 spiro atoms. The monoisotopic (exact) mass is 337 g/mol. The first-order chi connectivity index (χ1) is 10.5. The summed E-state index contributed by atoms with van der Waals surface area (Å²) in [5.74, 6) is -1.99. The highest BCUT2D eigenvalue weighted by atomic mass is 32.2. The molecule has 1 atom stereocenters. The molecule has 2 N–H and O–H groups in total. The highest BCUT2D eigenvalue weighted by molar-refractivity contribution is 8.17. The summed E-state index contributed by atoms with van der Waals surface area (Å²) in [4.78, 5) is 15.0. The van der Waals surface area contributed by atoms with E-state index < -0.39 is 15.8 Å². The summed E-state index contributed by atoms with van der Waals surface area (Å²) in [6.07, 6.45) is 4.94. The Morgan fingerprint density at radius 3 is 2.64 bits per heavy atom. The molecular weight excluding hydrogens is 318 g/mol. The van der Waals surface area contributed by atoms with Gasteiger partial charge in [0.25, 0.3) is 0 Å². The molecule has 1 unspecified atom stereocenters. The van der Waals surface area contributed by atoms with Gasteiger partial charge in [-0.3, -0.25) is 4.79 Å². The van der Waals surface area contributed by atoms with E-state index in [2.05, 4.69) is 11.1 Å². The SMILES string of the molecule is CSC1(SC)c2[nH]c3ccccc3c2CCC1(O)OC(C)=O. The molecule has 118 valence electrons. The minimum atomic E-state index is -1.52. The Bertz CT molecular complexity index is 723. The lowest BCUT2D eigenvalue weighted by molar-refractivity contribution is -0.217. The van der Waals surface area contributed by atoms with Crippen molar-refractivity contribution in [3.8, 4) is 0 Å². The minimum absolute atomic E-state index is 0.392. The van der Waals surface area contributed by atoms with Gasteiger partial charge >= 0.3 is 5.97 Å². The summed E-state index contributed by atoms with van der Waals surface area (Å²) >= 11 is 3.01. The number of H-pyrrole nitrogens is 1. The van der Waals surface area contributed by atoms with Crippen LogP contribution in [-0.2, 0) is 20.0 Å². The van der Waals surface area contributed by atoms with E-state index >= 15 is 0 Å². The number of para-hydroxylation sites is 1. The quantitative estimate of drug-likeness (QED) is 0.665. The lowest BCUT2D eigenvalue weighted by atomic mass is 9.89. The van der Waals surface area contributed by atoms with E-state index in [0.717, 1.165) is 11.2 Å². The van der Waals surface area contributed by atoms with Crippen molar-refractivity contribution >= 4 is 40.4 Å². The first kappa shape index (κ1) is 15.8. The summed E-state index contributed by atoms with van der Waals surface area (Å²) in [6, 6.07) is 8.13. The number of carbonyl (C=O) groups is 1. The van der Waals surface area contributed by atoms with E-state index in [1.165, 1.54) is 41.4 Å². The van der Waals surface area contributed by atoms with Crippen LogP contribution in [0.2, 0.25) is 0 Å². The molecule has 1 aromatic carbocycles. The summed E-state index contributed by atoms with van der Waals surface area (Å²) < 4.78 is 4.63. The average molecular weight is 337 g/mol. The van der Waals surface area contributed by atoms with E-state index in [1.54, 1.807) is 0 Å². The van der Waals surface area contributed by atoms with Gasteiger partial charge in [0.05, 0.1) is 5.69 Å². The number of esters is 1. The van der Waals surface area contributed by atoms with E-state index in [-0.39, 0.29) is 0 Å². The van der Waals surface area contributed by atoms with Crippen molar-refractivity contribution < 1.29 is 14.6 Å². The van der Waals surface area contributed by atoms with Crippen molar-refractivity contribution in [1.82, 2.24) is 4.98 Å². The Kier molecular flexibility index (Phi) is 3.95. The van der Waals surface area contributed by atoms with Gasteiger partial charge in [-0.25, -0.2) is 0 Å². The molecule has 1 aliphatic carbocycles. The molecule has 0 bridgehead atoms. The van der Waals surface area contributed by atoms with Crippen LogP contribution in [0.1, 0.15) is 24.6 Å². The number of benzene rings is 1. The van der Waals surface area contributed by atoms with Crippen LogP contribution in [0.4, 0.5) is 0 Å². The van der Waals surface area contributed by atoms with Gasteiger partial charge in [0.15, 0.2) is 4.08 Å². The van der Waals surface area contributed by atoms with Gasteiger partial charge in [-0.15, -0.1) is 23.5 Å². The maximum Gasteiger partial charge on any atom is 0.305 e. The second-order valence-electron chi connectivity index (χ2n) is 5.43. The normalized spacial score (nSPS) is 23.3. The van der Waals surface area contributed by atoms with Gasteiger partial charge in [-0.1, -0.05) is 18.2 Å². The van der Waals surface area contributed by atoms with Crippen LogP contribution < -0.4 is 0 Å². The Hall–Kier alpha value is -1.11. The second-order valence-corrected chi connectivity index (χ2v) is 7.73. The summed E-state index contributed by atoms with van der Waals surface area (Å²) in [7, 11) is 0. The zero-order valence-electron chi connectivity index (χ0n) is 12.8. The molecule has 1 heterocycles. The second kappa shape index (κ2) is 5.51. The summed E-state index contributed by atoms with van der Waals surface area (Å²) in [5, 5.41) is 12.3. The van der Waals surface area contributed by atoms with Crippen LogP contribution in [0.3, 0.4) is 0 Å². The van der Waals surface area contributed by atoms with Gasteiger partial charge in [0.1, 0.15) is 0 Å². The van der Waals surface area contributed by atoms with Crippen LogP contribution in [0.15, 0.2) is 24.3 Å². The maximum atomic E-state index is 11.5. The predicted molar refractivity (Wildman–Crippen MR) is 92.0 cm³/mol. The number of rotatable bonds is 3. The molecule has 0 fully saturated rings. The number of aryl methyl sites for hydroxylation is 1. The fourth-order valence-electron chi connectivity index (χ4n) is 3.36. The number of hydrogen-bond donors (Lipinski definition) is 2. The van der Waals surface area contributed by atoms with Gasteiger partial charge in [0, 0.05) is 24.2 Å². The van der Waals surface area contributed by atoms with Crippen molar-refractivity contribution in [3.63, 3.8) is 0 Å².